The van der Waals surface area contributed by atoms with Gasteiger partial charge in [0, 0.05) is 35.3 Å². The van der Waals surface area contributed by atoms with Crippen LogP contribution >= 0.6 is 0 Å². The summed E-state index contributed by atoms with van der Waals surface area (Å²) in [4.78, 5) is 14.9. The fraction of sp³-hybridized carbons (Fsp3) is 0.286. The van der Waals surface area contributed by atoms with Crippen molar-refractivity contribution in [2.45, 2.75) is 45.0 Å². The van der Waals surface area contributed by atoms with Gasteiger partial charge in [-0.15, -0.1) is 0 Å². The summed E-state index contributed by atoms with van der Waals surface area (Å²) in [5.41, 5.74) is 5.38. The van der Waals surface area contributed by atoms with Crippen molar-refractivity contribution >= 4 is 11.6 Å². The third-order valence-electron chi connectivity index (χ3n) is 8.01. The van der Waals surface area contributed by atoms with Crippen LogP contribution in [-0.2, 0) is 16.1 Å². The number of carbonyl (C=O) groups is 1. The van der Waals surface area contributed by atoms with E-state index in [1.54, 1.807) is 12.1 Å². The Kier molecular flexibility index (Phi) is 9.27. The van der Waals surface area contributed by atoms with E-state index in [1.807, 2.05) is 72.8 Å². The van der Waals surface area contributed by atoms with E-state index >= 15 is 0 Å². The van der Waals surface area contributed by atoms with Gasteiger partial charge in [-0.3, -0.25) is 9.69 Å². The molecule has 41 heavy (non-hydrogen) atoms. The number of benzene rings is 4. The Morgan fingerprint density at radius 2 is 1.46 bits per heavy atom. The standard InChI is InChI=1S/C35H38N2O4/c1-24-32(22-37(3)25(2)27-10-6-4-7-11-27)40-35(41-33(24)28-16-14-26(23-38)15-17-28)30-18-20-31(21-19-30)36-34(39)29-12-8-5-9-13-29/h4-21,24-25,32-33,35,38H,22-23H2,1-3H3,(H,36,39). The van der Waals surface area contributed by atoms with Crippen molar-refractivity contribution in [3.05, 3.63) is 137 Å². The third-order valence-corrected chi connectivity index (χ3v) is 8.01. The number of nitrogens with zero attached hydrogens (tertiary/aromatic N) is 1. The molecule has 0 aliphatic carbocycles. The maximum absolute atomic E-state index is 12.6. The van der Waals surface area contributed by atoms with Crippen LogP contribution in [0.3, 0.4) is 0 Å². The Hall–Kier alpha value is -3.81. The lowest BCUT2D eigenvalue weighted by molar-refractivity contribution is -0.276. The summed E-state index contributed by atoms with van der Waals surface area (Å²) >= 11 is 0. The number of carbonyl (C=O) groups excluding carboxylic acids is 1. The second kappa shape index (κ2) is 13.2. The van der Waals surface area contributed by atoms with Crippen LogP contribution in [0.1, 0.15) is 64.9 Å². The van der Waals surface area contributed by atoms with E-state index in [9.17, 15) is 9.90 Å². The molecule has 0 aromatic heterocycles. The molecule has 1 aliphatic heterocycles. The van der Waals surface area contributed by atoms with Crippen molar-refractivity contribution in [1.29, 1.82) is 0 Å². The van der Waals surface area contributed by atoms with Gasteiger partial charge in [0.25, 0.3) is 5.91 Å². The van der Waals surface area contributed by atoms with E-state index in [0.717, 1.165) is 23.2 Å². The van der Waals surface area contributed by atoms with Crippen LogP contribution in [0.5, 0.6) is 0 Å². The number of hydrogen-bond acceptors (Lipinski definition) is 5. The van der Waals surface area contributed by atoms with Crippen molar-refractivity contribution in [2.24, 2.45) is 5.92 Å². The fourth-order valence-electron chi connectivity index (χ4n) is 5.27. The molecule has 5 rings (SSSR count). The first-order valence-corrected chi connectivity index (χ1v) is 14.1. The van der Waals surface area contributed by atoms with Gasteiger partial charge in [-0.1, -0.05) is 91.9 Å². The molecule has 1 amide bonds. The highest BCUT2D eigenvalue weighted by Crippen LogP contribution is 2.42. The topological polar surface area (TPSA) is 71.0 Å². The number of ether oxygens (including phenoxy) is 2. The predicted molar refractivity (Wildman–Crippen MR) is 161 cm³/mol. The molecule has 0 radical (unpaired) electrons. The minimum atomic E-state index is -0.571. The van der Waals surface area contributed by atoms with E-state index < -0.39 is 6.29 Å². The molecule has 5 unspecified atom stereocenters. The molecule has 6 nitrogen and oxygen atoms in total. The lowest BCUT2D eigenvalue weighted by Gasteiger charge is -2.43. The van der Waals surface area contributed by atoms with Gasteiger partial charge in [-0.2, -0.15) is 0 Å². The maximum atomic E-state index is 12.6. The zero-order valence-corrected chi connectivity index (χ0v) is 23.8. The summed E-state index contributed by atoms with van der Waals surface area (Å²) in [6, 6.07) is 35.5. The minimum absolute atomic E-state index is 0.00501. The molecule has 1 fully saturated rings. The van der Waals surface area contributed by atoms with Gasteiger partial charge in [0.2, 0.25) is 0 Å². The third kappa shape index (κ3) is 6.92. The highest BCUT2D eigenvalue weighted by molar-refractivity contribution is 6.04. The number of hydrogen-bond donors (Lipinski definition) is 2. The van der Waals surface area contributed by atoms with Gasteiger partial charge >= 0.3 is 0 Å². The van der Waals surface area contributed by atoms with Gasteiger partial charge in [-0.25, -0.2) is 0 Å². The molecule has 1 aliphatic rings. The van der Waals surface area contributed by atoms with Crippen LogP contribution in [0.4, 0.5) is 5.69 Å². The number of aliphatic hydroxyl groups excluding tert-OH is 1. The highest BCUT2D eigenvalue weighted by atomic mass is 16.7. The first-order chi connectivity index (χ1) is 19.9. The van der Waals surface area contributed by atoms with Crippen molar-refractivity contribution in [3.63, 3.8) is 0 Å². The van der Waals surface area contributed by atoms with Crippen LogP contribution in [-0.4, -0.2) is 35.6 Å². The predicted octanol–water partition coefficient (Wildman–Crippen LogP) is 6.92. The number of amides is 1. The first kappa shape index (κ1) is 28.7. The molecule has 4 aromatic rings. The summed E-state index contributed by atoms with van der Waals surface area (Å²) in [7, 11) is 2.13. The Morgan fingerprint density at radius 1 is 0.854 bits per heavy atom. The van der Waals surface area contributed by atoms with E-state index in [-0.39, 0.29) is 36.7 Å². The van der Waals surface area contributed by atoms with Crippen LogP contribution in [0.2, 0.25) is 0 Å². The number of likely N-dealkylation sites (N-methyl/N-ethyl adjacent to an activating group) is 1. The van der Waals surface area contributed by atoms with E-state index in [0.29, 0.717) is 11.3 Å². The normalized spacial score (nSPS) is 21.4. The smallest absolute Gasteiger partial charge is 0.255 e. The van der Waals surface area contributed by atoms with Crippen LogP contribution in [0.25, 0.3) is 0 Å². The van der Waals surface area contributed by atoms with Gasteiger partial charge in [0.05, 0.1) is 18.8 Å². The fourth-order valence-corrected chi connectivity index (χ4v) is 5.27. The average Bonchev–Trinajstić information content (AvgIpc) is 3.03. The number of rotatable bonds is 9. The van der Waals surface area contributed by atoms with Crippen molar-refractivity contribution in [3.8, 4) is 0 Å². The second-order valence-electron chi connectivity index (χ2n) is 10.8. The van der Waals surface area contributed by atoms with Crippen LogP contribution in [0, 0.1) is 5.92 Å². The van der Waals surface area contributed by atoms with E-state index in [4.69, 9.17) is 9.47 Å². The van der Waals surface area contributed by atoms with Crippen LogP contribution < -0.4 is 5.32 Å². The zero-order valence-electron chi connectivity index (χ0n) is 23.8. The molecule has 1 heterocycles. The van der Waals surface area contributed by atoms with Crippen molar-refractivity contribution in [2.75, 3.05) is 18.9 Å². The Morgan fingerprint density at radius 3 is 2.10 bits per heavy atom. The lowest BCUT2D eigenvalue weighted by atomic mass is 9.89. The lowest BCUT2D eigenvalue weighted by Crippen LogP contribution is -2.44. The van der Waals surface area contributed by atoms with Crippen LogP contribution in [0.15, 0.2) is 109 Å². The monoisotopic (exact) mass is 550 g/mol. The first-order valence-electron chi connectivity index (χ1n) is 14.1. The second-order valence-corrected chi connectivity index (χ2v) is 10.8. The average molecular weight is 551 g/mol. The SMILES string of the molecule is CC1C(CN(C)C(C)c2ccccc2)OC(c2ccc(NC(=O)c3ccccc3)cc2)OC1c1ccc(CO)cc1. The Bertz CT molecular complexity index is 1390. The summed E-state index contributed by atoms with van der Waals surface area (Å²) in [5, 5.41) is 12.5. The van der Waals surface area contributed by atoms with Gasteiger partial charge < -0.3 is 19.9 Å². The summed E-state index contributed by atoms with van der Waals surface area (Å²) < 4.78 is 13.2. The maximum Gasteiger partial charge on any atom is 0.255 e. The molecular formula is C35H38N2O4. The number of anilines is 1. The quantitative estimate of drug-likeness (QED) is 0.237. The largest absolute Gasteiger partial charge is 0.392 e. The molecule has 212 valence electrons. The van der Waals surface area contributed by atoms with E-state index in [2.05, 4.69) is 55.4 Å². The molecule has 6 heteroatoms. The van der Waals surface area contributed by atoms with Crippen molar-refractivity contribution < 1.29 is 19.4 Å². The summed E-state index contributed by atoms with van der Waals surface area (Å²) in [6.07, 6.45) is -0.854. The highest BCUT2D eigenvalue weighted by Gasteiger charge is 2.39. The number of aliphatic hydroxyl groups is 1. The summed E-state index contributed by atoms with van der Waals surface area (Å²) in [6.45, 7) is 5.12. The Labute approximate surface area is 242 Å². The molecule has 0 spiro atoms. The molecule has 5 atom stereocenters. The van der Waals surface area contributed by atoms with Gasteiger partial charge in [0.15, 0.2) is 6.29 Å². The molecule has 0 bridgehead atoms. The molecular weight excluding hydrogens is 512 g/mol. The number of nitrogens with one attached hydrogen (secondary N) is 1. The molecule has 0 saturated carbocycles. The zero-order chi connectivity index (χ0) is 28.8. The minimum Gasteiger partial charge on any atom is -0.392 e. The Balaban J connectivity index is 1.36. The molecule has 4 aromatic carbocycles. The summed E-state index contributed by atoms with van der Waals surface area (Å²) in [5.74, 6) is -0.0690. The van der Waals surface area contributed by atoms with E-state index in [1.165, 1.54) is 5.56 Å². The molecule has 1 saturated heterocycles. The van der Waals surface area contributed by atoms with Gasteiger partial charge in [0.1, 0.15) is 0 Å². The van der Waals surface area contributed by atoms with Gasteiger partial charge in [-0.05, 0) is 54.9 Å². The van der Waals surface area contributed by atoms with Crippen molar-refractivity contribution in [1.82, 2.24) is 4.90 Å². The molecule has 2 N–H and O–H groups in total.